The molecule has 0 amide bonds. The maximum atomic E-state index is 10.6. The number of hydrogen-bond donors (Lipinski definition) is 0. The van der Waals surface area contributed by atoms with Crippen LogP contribution in [0.25, 0.3) is 0 Å². The summed E-state index contributed by atoms with van der Waals surface area (Å²) in [5.41, 5.74) is 0.909. The molecule has 176 valence electrons. The Morgan fingerprint density at radius 1 is 0.767 bits per heavy atom. The minimum atomic E-state index is -0.361. The number of carbonyl (C=O) groups is 3. The van der Waals surface area contributed by atoms with Crippen LogP contribution in [0.3, 0.4) is 0 Å². The monoisotopic (exact) mass is 428 g/mol. The first-order chi connectivity index (χ1) is 13.8. The summed E-state index contributed by atoms with van der Waals surface area (Å²) in [7, 11) is 0. The van der Waals surface area contributed by atoms with Gasteiger partial charge in [-0.15, -0.1) is 0 Å². The molecular weight excluding hydrogens is 384 g/mol. The number of unbranched alkanes of at least 4 members (excludes halogenated alkanes) is 1. The number of carbonyl (C=O) groups excluding carboxylic acids is 3. The van der Waals surface area contributed by atoms with Crippen molar-refractivity contribution in [2.75, 3.05) is 6.61 Å². The molecule has 0 saturated heterocycles. The molecule has 0 rings (SSSR count). The average molecular weight is 429 g/mol. The number of ether oxygens (including phenoxy) is 3. The summed E-state index contributed by atoms with van der Waals surface area (Å²) >= 11 is 0. The maximum Gasteiger partial charge on any atom is 0.333 e. The second kappa shape index (κ2) is 24.7. The Kier molecular flexibility index (Phi) is 28.9. The Hall–Kier alpha value is -2.37. The van der Waals surface area contributed by atoms with Gasteiger partial charge in [0.25, 0.3) is 0 Å². The lowest BCUT2D eigenvalue weighted by molar-refractivity contribution is -0.143. The summed E-state index contributed by atoms with van der Waals surface area (Å²) in [6, 6.07) is 0. The second-order valence-corrected chi connectivity index (χ2v) is 6.84. The van der Waals surface area contributed by atoms with Gasteiger partial charge in [-0.1, -0.05) is 53.3 Å². The summed E-state index contributed by atoms with van der Waals surface area (Å²) in [6.45, 7) is 27.4. The second-order valence-electron chi connectivity index (χ2n) is 6.84. The molecule has 0 atom stereocenters. The van der Waals surface area contributed by atoms with Gasteiger partial charge >= 0.3 is 17.9 Å². The van der Waals surface area contributed by atoms with Gasteiger partial charge in [0.1, 0.15) is 0 Å². The highest BCUT2D eigenvalue weighted by Crippen LogP contribution is 1.96. The molecule has 0 unspecified atom stereocenters. The minimum absolute atomic E-state index is 0.0412. The van der Waals surface area contributed by atoms with Crippen LogP contribution in [0, 0.1) is 0 Å². The van der Waals surface area contributed by atoms with E-state index in [1.54, 1.807) is 41.5 Å². The van der Waals surface area contributed by atoms with Crippen molar-refractivity contribution >= 4 is 17.9 Å². The molecule has 6 heteroatoms. The van der Waals surface area contributed by atoms with Gasteiger partial charge in [-0.05, 0) is 48.0 Å². The van der Waals surface area contributed by atoms with Crippen molar-refractivity contribution < 1.29 is 28.6 Å². The van der Waals surface area contributed by atoms with E-state index < -0.39 is 0 Å². The number of hydrogen-bond acceptors (Lipinski definition) is 6. The molecule has 0 aliphatic carbocycles. The fraction of sp³-hybridized carbons (Fsp3) is 0.625. The zero-order valence-electron chi connectivity index (χ0n) is 20.6. The minimum Gasteiger partial charge on any atom is -0.462 e. The fourth-order valence-electron chi connectivity index (χ4n) is 0.913. The standard InChI is InChI=1S/2C7H12O2.C6H10O2.C4H10/c1-5(2)7(8)9-6(3)4;1-4-5-9-7(8)6(2)3;1-4-6(7)8-5(2)3;1-3-4-2/h6H,1H2,2-4H3;2,4-5H2,1,3H3;4-5H,1H2,2-3H3;3-4H2,1-2H3. The summed E-state index contributed by atoms with van der Waals surface area (Å²) in [4.78, 5) is 31.5. The first-order valence-electron chi connectivity index (χ1n) is 10.3. The number of esters is 3. The maximum absolute atomic E-state index is 10.6. The lowest BCUT2D eigenvalue weighted by Crippen LogP contribution is -2.11. The molecule has 0 spiro atoms. The van der Waals surface area contributed by atoms with Crippen molar-refractivity contribution in [1.82, 2.24) is 0 Å². The summed E-state index contributed by atoms with van der Waals surface area (Å²) in [5.74, 6) is -0.971. The smallest absolute Gasteiger partial charge is 0.333 e. The Bertz CT molecular complexity index is 502. The first-order valence-corrected chi connectivity index (χ1v) is 10.3. The van der Waals surface area contributed by atoms with Gasteiger partial charge in [-0.3, -0.25) is 0 Å². The van der Waals surface area contributed by atoms with E-state index in [1.807, 2.05) is 6.92 Å². The SMILES string of the molecule is C=C(C)C(=O)OC(C)C.C=C(C)C(=O)OCCC.C=CC(=O)OC(C)C.CCCC. The van der Waals surface area contributed by atoms with E-state index >= 15 is 0 Å². The normalized spacial score (nSPS) is 8.77. The molecule has 0 radical (unpaired) electrons. The highest BCUT2D eigenvalue weighted by Gasteiger charge is 2.03. The van der Waals surface area contributed by atoms with Crippen molar-refractivity contribution in [1.29, 1.82) is 0 Å². The lowest BCUT2D eigenvalue weighted by atomic mass is 10.3. The van der Waals surface area contributed by atoms with E-state index in [2.05, 4.69) is 38.3 Å². The molecular formula is C24H44O6. The molecule has 0 aliphatic heterocycles. The summed E-state index contributed by atoms with van der Waals surface area (Å²) < 4.78 is 14.1. The van der Waals surface area contributed by atoms with E-state index in [9.17, 15) is 14.4 Å². The zero-order chi connectivity index (χ0) is 24.7. The molecule has 6 nitrogen and oxygen atoms in total. The van der Waals surface area contributed by atoms with E-state index in [0.29, 0.717) is 17.8 Å². The van der Waals surface area contributed by atoms with Crippen LogP contribution in [0.2, 0.25) is 0 Å². The number of rotatable bonds is 8. The van der Waals surface area contributed by atoms with E-state index in [-0.39, 0.29) is 30.1 Å². The molecule has 0 bridgehead atoms. The van der Waals surface area contributed by atoms with Crippen molar-refractivity contribution in [3.8, 4) is 0 Å². The van der Waals surface area contributed by atoms with Gasteiger partial charge in [-0.25, -0.2) is 14.4 Å². The molecule has 0 fully saturated rings. The van der Waals surface area contributed by atoms with Crippen molar-refractivity contribution in [3.63, 3.8) is 0 Å². The van der Waals surface area contributed by atoms with Crippen molar-refractivity contribution in [3.05, 3.63) is 37.0 Å². The Balaban J connectivity index is -0.000000155. The summed E-state index contributed by atoms with van der Waals surface area (Å²) in [6.07, 6.45) is 4.56. The van der Waals surface area contributed by atoms with Gasteiger partial charge in [-0.2, -0.15) is 0 Å². The van der Waals surface area contributed by atoms with Crippen LogP contribution in [0.4, 0.5) is 0 Å². The van der Waals surface area contributed by atoms with Crippen LogP contribution in [0.1, 0.15) is 81.6 Å². The molecule has 30 heavy (non-hydrogen) atoms. The third kappa shape index (κ3) is 36.5. The quantitative estimate of drug-likeness (QED) is 0.270. The van der Waals surface area contributed by atoms with Crippen molar-refractivity contribution in [2.24, 2.45) is 0 Å². The van der Waals surface area contributed by atoms with Crippen LogP contribution < -0.4 is 0 Å². The highest BCUT2D eigenvalue weighted by atomic mass is 16.5. The van der Waals surface area contributed by atoms with Gasteiger partial charge < -0.3 is 14.2 Å². The van der Waals surface area contributed by atoms with Crippen LogP contribution in [-0.2, 0) is 28.6 Å². The van der Waals surface area contributed by atoms with Crippen LogP contribution in [0.5, 0.6) is 0 Å². The molecule has 0 aromatic heterocycles. The summed E-state index contributed by atoms with van der Waals surface area (Å²) in [5, 5.41) is 0. The predicted octanol–water partition coefficient (Wildman–Crippen LogP) is 5.96. The van der Waals surface area contributed by atoms with Crippen LogP contribution >= 0.6 is 0 Å². The van der Waals surface area contributed by atoms with Gasteiger partial charge in [0.2, 0.25) is 0 Å². The molecule has 0 N–H and O–H groups in total. The van der Waals surface area contributed by atoms with Crippen molar-refractivity contribution in [2.45, 2.75) is 93.8 Å². The topological polar surface area (TPSA) is 78.9 Å². The molecule has 0 aromatic rings. The molecule has 0 aliphatic rings. The third-order valence-corrected chi connectivity index (χ3v) is 2.50. The Morgan fingerprint density at radius 3 is 1.33 bits per heavy atom. The van der Waals surface area contributed by atoms with Gasteiger partial charge in [0, 0.05) is 17.2 Å². The van der Waals surface area contributed by atoms with Gasteiger partial charge in [0.05, 0.1) is 18.8 Å². The first kappa shape index (κ1) is 35.1. The molecule has 0 aromatic carbocycles. The van der Waals surface area contributed by atoms with Crippen LogP contribution in [0.15, 0.2) is 37.0 Å². The predicted molar refractivity (Wildman–Crippen MR) is 124 cm³/mol. The largest absolute Gasteiger partial charge is 0.462 e. The Labute approximate surface area is 184 Å². The third-order valence-electron chi connectivity index (χ3n) is 2.50. The van der Waals surface area contributed by atoms with E-state index in [1.165, 1.54) is 12.8 Å². The fourth-order valence-corrected chi connectivity index (χ4v) is 0.913. The molecule has 0 saturated carbocycles. The lowest BCUT2D eigenvalue weighted by Gasteiger charge is -2.05. The average Bonchev–Trinajstić information content (AvgIpc) is 2.65. The Morgan fingerprint density at radius 2 is 1.17 bits per heavy atom. The van der Waals surface area contributed by atoms with Gasteiger partial charge in [0.15, 0.2) is 0 Å². The molecule has 0 heterocycles. The van der Waals surface area contributed by atoms with E-state index in [0.717, 1.165) is 12.5 Å². The van der Waals surface area contributed by atoms with Crippen LogP contribution in [-0.4, -0.2) is 36.7 Å². The highest BCUT2D eigenvalue weighted by molar-refractivity contribution is 5.87. The zero-order valence-corrected chi connectivity index (χ0v) is 20.6. The van der Waals surface area contributed by atoms with E-state index in [4.69, 9.17) is 9.47 Å².